The molecule has 2 rings (SSSR count). The Bertz CT molecular complexity index is 626. The minimum absolute atomic E-state index is 0.140. The van der Waals surface area contributed by atoms with Crippen LogP contribution in [-0.4, -0.2) is 20.0 Å². The van der Waals surface area contributed by atoms with Gasteiger partial charge in [0.1, 0.15) is 11.5 Å². The highest BCUT2D eigenvalue weighted by Crippen LogP contribution is 2.28. The predicted molar refractivity (Wildman–Crippen MR) is 85.2 cm³/mol. The molecule has 0 aliphatic rings. The molecule has 0 radical (unpaired) electrons. The minimum Gasteiger partial charge on any atom is -0.496 e. The fourth-order valence-electron chi connectivity index (χ4n) is 2.51. The summed E-state index contributed by atoms with van der Waals surface area (Å²) in [5.41, 5.74) is 14.0. The van der Waals surface area contributed by atoms with Gasteiger partial charge in [-0.25, -0.2) is 0 Å². The fraction of sp³-hybridized carbons (Fsp3) is 0.235. The molecule has 5 nitrogen and oxygen atoms in total. The molecule has 22 heavy (non-hydrogen) atoms. The zero-order valence-electron chi connectivity index (χ0n) is 12.8. The van der Waals surface area contributed by atoms with Gasteiger partial charge in [0, 0.05) is 35.3 Å². The van der Waals surface area contributed by atoms with E-state index < -0.39 is 0 Å². The number of nitrogens with two attached hydrogens (primary N) is 2. The van der Waals surface area contributed by atoms with Crippen molar-refractivity contribution in [3.05, 3.63) is 58.7 Å². The second-order valence-corrected chi connectivity index (χ2v) is 4.71. The zero-order chi connectivity index (χ0) is 16.1. The van der Waals surface area contributed by atoms with E-state index in [0.717, 1.165) is 0 Å². The summed E-state index contributed by atoms with van der Waals surface area (Å²) in [5.74, 6) is 1.06. The van der Waals surface area contributed by atoms with Crippen LogP contribution in [-0.2, 0) is 13.1 Å². The van der Waals surface area contributed by atoms with Crippen molar-refractivity contribution in [3.8, 4) is 11.5 Å². The van der Waals surface area contributed by atoms with Crippen molar-refractivity contribution in [2.45, 2.75) is 13.1 Å². The molecule has 0 unspecified atom stereocenters. The molecule has 0 amide bonds. The monoisotopic (exact) mass is 300 g/mol. The Morgan fingerprint density at radius 1 is 0.864 bits per heavy atom. The van der Waals surface area contributed by atoms with Crippen molar-refractivity contribution in [2.24, 2.45) is 11.5 Å². The largest absolute Gasteiger partial charge is 0.496 e. The molecule has 0 fully saturated rings. The molecule has 2 aromatic carbocycles. The van der Waals surface area contributed by atoms with Crippen molar-refractivity contribution in [2.75, 3.05) is 14.2 Å². The maximum atomic E-state index is 12.9. The average molecular weight is 300 g/mol. The Balaban J connectivity index is 2.58. The number of hydrogen-bond donors (Lipinski definition) is 2. The maximum absolute atomic E-state index is 12.9. The highest BCUT2D eigenvalue weighted by molar-refractivity contribution is 6.11. The lowest BCUT2D eigenvalue weighted by atomic mass is 9.94. The van der Waals surface area contributed by atoms with Gasteiger partial charge in [-0.3, -0.25) is 4.79 Å². The van der Waals surface area contributed by atoms with E-state index in [9.17, 15) is 4.79 Å². The van der Waals surface area contributed by atoms with E-state index in [1.54, 1.807) is 50.6 Å². The third-order valence-corrected chi connectivity index (χ3v) is 3.60. The molecule has 0 atom stereocenters. The molecule has 0 saturated carbocycles. The number of ether oxygens (including phenoxy) is 2. The van der Waals surface area contributed by atoms with Gasteiger partial charge in [0.25, 0.3) is 0 Å². The molecule has 0 saturated heterocycles. The van der Waals surface area contributed by atoms with Gasteiger partial charge in [-0.15, -0.1) is 0 Å². The first-order valence-electron chi connectivity index (χ1n) is 6.94. The molecule has 0 heterocycles. The van der Waals surface area contributed by atoms with Crippen molar-refractivity contribution < 1.29 is 14.3 Å². The van der Waals surface area contributed by atoms with Gasteiger partial charge in [0.2, 0.25) is 0 Å². The first kappa shape index (κ1) is 16.0. The van der Waals surface area contributed by atoms with Crippen molar-refractivity contribution in [3.63, 3.8) is 0 Å². The van der Waals surface area contributed by atoms with E-state index >= 15 is 0 Å². The van der Waals surface area contributed by atoms with Crippen LogP contribution in [0.15, 0.2) is 36.4 Å². The molecule has 0 aliphatic heterocycles. The van der Waals surface area contributed by atoms with Crippen molar-refractivity contribution >= 4 is 5.78 Å². The molecular formula is C17H20N2O3. The lowest BCUT2D eigenvalue weighted by Crippen LogP contribution is -2.14. The van der Waals surface area contributed by atoms with E-state index in [2.05, 4.69) is 0 Å². The number of carbonyl (C=O) groups is 1. The third-order valence-electron chi connectivity index (χ3n) is 3.60. The van der Waals surface area contributed by atoms with Crippen LogP contribution in [0.2, 0.25) is 0 Å². The van der Waals surface area contributed by atoms with E-state index in [4.69, 9.17) is 20.9 Å². The van der Waals surface area contributed by atoms with Crippen molar-refractivity contribution in [1.82, 2.24) is 0 Å². The summed E-state index contributed by atoms with van der Waals surface area (Å²) in [6.45, 7) is 0.431. The number of carbonyl (C=O) groups excluding carboxylic acids is 1. The third kappa shape index (κ3) is 2.81. The van der Waals surface area contributed by atoms with Crippen LogP contribution in [0.25, 0.3) is 0 Å². The summed E-state index contributed by atoms with van der Waals surface area (Å²) in [7, 11) is 3.11. The summed E-state index contributed by atoms with van der Waals surface area (Å²) >= 11 is 0. The van der Waals surface area contributed by atoms with Crippen LogP contribution in [0, 0.1) is 0 Å². The Morgan fingerprint density at radius 2 is 1.27 bits per heavy atom. The van der Waals surface area contributed by atoms with E-state index in [0.29, 0.717) is 33.8 Å². The minimum atomic E-state index is -0.140. The molecule has 0 spiro atoms. The average Bonchev–Trinajstić information content (AvgIpc) is 2.59. The smallest absolute Gasteiger partial charge is 0.193 e. The molecule has 5 heteroatoms. The Morgan fingerprint density at radius 3 is 1.59 bits per heavy atom. The Kier molecular flexibility index (Phi) is 5.14. The number of benzene rings is 2. The summed E-state index contributed by atoms with van der Waals surface area (Å²) in [6.07, 6.45) is 0. The van der Waals surface area contributed by atoms with E-state index in [-0.39, 0.29) is 18.9 Å². The van der Waals surface area contributed by atoms with Crippen LogP contribution < -0.4 is 20.9 Å². The normalized spacial score (nSPS) is 10.4. The summed E-state index contributed by atoms with van der Waals surface area (Å²) < 4.78 is 10.6. The van der Waals surface area contributed by atoms with Crippen LogP contribution in [0.3, 0.4) is 0 Å². The quantitative estimate of drug-likeness (QED) is 0.795. The van der Waals surface area contributed by atoms with Gasteiger partial charge >= 0.3 is 0 Å². The van der Waals surface area contributed by atoms with Crippen LogP contribution in [0.5, 0.6) is 11.5 Å². The molecule has 2 aromatic rings. The van der Waals surface area contributed by atoms with Gasteiger partial charge in [-0.1, -0.05) is 24.3 Å². The van der Waals surface area contributed by atoms with Crippen LogP contribution in [0.1, 0.15) is 27.0 Å². The number of hydrogen-bond acceptors (Lipinski definition) is 5. The molecule has 0 aliphatic carbocycles. The molecule has 116 valence electrons. The van der Waals surface area contributed by atoms with E-state index in [1.165, 1.54) is 0 Å². The number of methoxy groups -OCH3 is 2. The molecule has 0 bridgehead atoms. The maximum Gasteiger partial charge on any atom is 0.193 e. The van der Waals surface area contributed by atoms with E-state index in [1.807, 2.05) is 0 Å². The summed E-state index contributed by atoms with van der Waals surface area (Å²) in [6, 6.07) is 10.6. The number of ketones is 1. The van der Waals surface area contributed by atoms with Gasteiger partial charge < -0.3 is 20.9 Å². The standard InChI is InChI=1S/C17H20N2O3/c1-21-15-7-3-5-11(13(15)9-18)17(20)12-6-4-8-16(22-2)14(12)10-19/h3-8H,9-10,18-19H2,1-2H3. The van der Waals surface area contributed by atoms with Gasteiger partial charge in [-0.05, 0) is 12.1 Å². The summed E-state index contributed by atoms with van der Waals surface area (Å²) in [4.78, 5) is 12.9. The lowest BCUT2D eigenvalue weighted by molar-refractivity contribution is 0.103. The lowest BCUT2D eigenvalue weighted by Gasteiger charge is -2.15. The first-order valence-corrected chi connectivity index (χ1v) is 6.94. The second kappa shape index (κ2) is 7.06. The zero-order valence-corrected chi connectivity index (χ0v) is 12.8. The highest BCUT2D eigenvalue weighted by Gasteiger charge is 2.20. The van der Waals surface area contributed by atoms with Crippen molar-refractivity contribution in [1.29, 1.82) is 0 Å². The molecule has 0 aromatic heterocycles. The summed E-state index contributed by atoms with van der Waals surface area (Å²) in [5, 5.41) is 0. The topological polar surface area (TPSA) is 87.6 Å². The number of rotatable bonds is 6. The first-order chi connectivity index (χ1) is 10.7. The van der Waals surface area contributed by atoms with Crippen LogP contribution >= 0.6 is 0 Å². The highest BCUT2D eigenvalue weighted by atomic mass is 16.5. The SMILES string of the molecule is COc1cccc(C(=O)c2cccc(OC)c2CN)c1CN. The van der Waals surface area contributed by atoms with Gasteiger partial charge in [0.05, 0.1) is 14.2 Å². The fourth-order valence-corrected chi connectivity index (χ4v) is 2.51. The van der Waals surface area contributed by atoms with Gasteiger partial charge in [-0.2, -0.15) is 0 Å². The predicted octanol–water partition coefficient (Wildman–Crippen LogP) is 1.85. The molecule has 4 N–H and O–H groups in total. The van der Waals surface area contributed by atoms with Gasteiger partial charge in [0.15, 0.2) is 5.78 Å². The molecular weight excluding hydrogens is 280 g/mol. The second-order valence-electron chi connectivity index (χ2n) is 4.71. The Labute approximate surface area is 129 Å². The van der Waals surface area contributed by atoms with Crippen LogP contribution in [0.4, 0.5) is 0 Å². The Hall–Kier alpha value is -2.37.